The quantitative estimate of drug-likeness (QED) is 0.911. The van der Waals surface area contributed by atoms with E-state index in [4.69, 9.17) is 11.6 Å². The second kappa shape index (κ2) is 6.73. The molecule has 1 atom stereocenters. The third-order valence-electron chi connectivity index (χ3n) is 3.41. The fourth-order valence-electron chi connectivity index (χ4n) is 2.36. The molecule has 5 heteroatoms. The summed E-state index contributed by atoms with van der Waals surface area (Å²) in [4.78, 5) is 14.1. The molecule has 2 rings (SSSR count). The number of carbonyl (C=O) groups is 1. The standard InChI is InChI=1S/C14H18BrClN2O/c1-18(9-11-4-2-3-7-17-11)14(19)12-6-5-10(15)8-13(12)16/h5-6,8,11,17H,2-4,7,9H2,1H3. The van der Waals surface area contributed by atoms with Gasteiger partial charge in [-0.25, -0.2) is 0 Å². The first-order valence-electron chi connectivity index (χ1n) is 6.52. The van der Waals surface area contributed by atoms with Crippen molar-refractivity contribution >= 4 is 33.4 Å². The largest absolute Gasteiger partial charge is 0.340 e. The predicted molar refractivity (Wildman–Crippen MR) is 81.8 cm³/mol. The van der Waals surface area contributed by atoms with E-state index in [0.717, 1.165) is 24.0 Å². The first kappa shape index (κ1) is 14.8. The minimum Gasteiger partial charge on any atom is -0.340 e. The third-order valence-corrected chi connectivity index (χ3v) is 4.22. The maximum absolute atomic E-state index is 12.3. The number of hydrogen-bond donors (Lipinski definition) is 1. The second-order valence-electron chi connectivity index (χ2n) is 4.96. The molecule has 0 radical (unpaired) electrons. The molecule has 0 saturated carbocycles. The third kappa shape index (κ3) is 3.94. The summed E-state index contributed by atoms with van der Waals surface area (Å²) in [5, 5.41) is 3.93. The van der Waals surface area contributed by atoms with Crippen molar-refractivity contribution < 1.29 is 4.79 Å². The highest BCUT2D eigenvalue weighted by atomic mass is 79.9. The number of piperidine rings is 1. The molecule has 1 aliphatic heterocycles. The molecular weight excluding hydrogens is 328 g/mol. The van der Waals surface area contributed by atoms with Crippen LogP contribution in [0.4, 0.5) is 0 Å². The summed E-state index contributed by atoms with van der Waals surface area (Å²) >= 11 is 9.46. The summed E-state index contributed by atoms with van der Waals surface area (Å²) < 4.78 is 0.880. The average Bonchev–Trinajstić information content (AvgIpc) is 2.39. The van der Waals surface area contributed by atoms with Crippen LogP contribution in [0, 0.1) is 0 Å². The van der Waals surface area contributed by atoms with Crippen LogP contribution in [-0.2, 0) is 0 Å². The molecule has 19 heavy (non-hydrogen) atoms. The zero-order chi connectivity index (χ0) is 13.8. The molecule has 1 saturated heterocycles. The molecule has 1 N–H and O–H groups in total. The highest BCUT2D eigenvalue weighted by Gasteiger charge is 2.20. The summed E-state index contributed by atoms with van der Waals surface area (Å²) in [7, 11) is 1.83. The molecular formula is C14H18BrClN2O. The van der Waals surface area contributed by atoms with Gasteiger partial charge in [-0.2, -0.15) is 0 Å². The Morgan fingerprint density at radius 3 is 2.95 bits per heavy atom. The summed E-state index contributed by atoms with van der Waals surface area (Å²) in [6.07, 6.45) is 3.59. The second-order valence-corrected chi connectivity index (χ2v) is 6.28. The zero-order valence-corrected chi connectivity index (χ0v) is 13.3. The van der Waals surface area contributed by atoms with Gasteiger partial charge in [0.2, 0.25) is 0 Å². The summed E-state index contributed by atoms with van der Waals surface area (Å²) in [5.41, 5.74) is 0.558. The Bertz CT molecular complexity index is 461. The molecule has 0 aromatic heterocycles. The highest BCUT2D eigenvalue weighted by Crippen LogP contribution is 2.22. The van der Waals surface area contributed by atoms with Crippen molar-refractivity contribution in [2.45, 2.75) is 25.3 Å². The first-order valence-corrected chi connectivity index (χ1v) is 7.69. The van der Waals surface area contributed by atoms with Crippen LogP contribution in [-0.4, -0.2) is 37.0 Å². The van der Waals surface area contributed by atoms with Gasteiger partial charge in [0.05, 0.1) is 10.6 Å². The van der Waals surface area contributed by atoms with Gasteiger partial charge in [-0.3, -0.25) is 4.79 Å². The first-order chi connectivity index (χ1) is 9.08. The monoisotopic (exact) mass is 344 g/mol. The van der Waals surface area contributed by atoms with E-state index in [0.29, 0.717) is 16.6 Å². The molecule has 0 aliphatic carbocycles. The fourth-order valence-corrected chi connectivity index (χ4v) is 3.12. The Morgan fingerprint density at radius 1 is 1.53 bits per heavy atom. The highest BCUT2D eigenvalue weighted by molar-refractivity contribution is 9.10. The van der Waals surface area contributed by atoms with Crippen LogP contribution in [0.25, 0.3) is 0 Å². The van der Waals surface area contributed by atoms with Gasteiger partial charge in [0.1, 0.15) is 0 Å². The number of nitrogens with one attached hydrogen (secondary N) is 1. The van der Waals surface area contributed by atoms with Gasteiger partial charge in [0.15, 0.2) is 0 Å². The Labute approximate surface area is 127 Å². The van der Waals surface area contributed by atoms with Crippen LogP contribution in [0.3, 0.4) is 0 Å². The van der Waals surface area contributed by atoms with Crippen LogP contribution >= 0.6 is 27.5 Å². The number of halogens is 2. The SMILES string of the molecule is CN(CC1CCCCN1)C(=O)c1ccc(Br)cc1Cl. The van der Waals surface area contributed by atoms with Crippen LogP contribution in [0.5, 0.6) is 0 Å². The van der Waals surface area contributed by atoms with E-state index in [1.165, 1.54) is 12.8 Å². The van der Waals surface area contributed by atoms with Gasteiger partial charge in [0, 0.05) is 24.1 Å². The lowest BCUT2D eigenvalue weighted by atomic mass is 10.0. The lowest BCUT2D eigenvalue weighted by Gasteiger charge is -2.28. The fraction of sp³-hybridized carbons (Fsp3) is 0.500. The van der Waals surface area contributed by atoms with E-state index in [1.54, 1.807) is 17.0 Å². The molecule has 0 spiro atoms. The van der Waals surface area contributed by atoms with Crippen molar-refractivity contribution in [1.82, 2.24) is 10.2 Å². The number of rotatable bonds is 3. The lowest BCUT2D eigenvalue weighted by molar-refractivity contribution is 0.0775. The molecule has 1 aromatic carbocycles. The number of benzene rings is 1. The van der Waals surface area contributed by atoms with Gasteiger partial charge < -0.3 is 10.2 Å². The van der Waals surface area contributed by atoms with E-state index in [-0.39, 0.29) is 5.91 Å². The minimum atomic E-state index is -0.0233. The topological polar surface area (TPSA) is 32.3 Å². The van der Waals surface area contributed by atoms with E-state index in [2.05, 4.69) is 21.2 Å². The van der Waals surface area contributed by atoms with Crippen LogP contribution in [0.15, 0.2) is 22.7 Å². The maximum Gasteiger partial charge on any atom is 0.255 e. The minimum absolute atomic E-state index is 0.0233. The van der Waals surface area contributed by atoms with Gasteiger partial charge in [-0.05, 0) is 37.6 Å². The molecule has 1 unspecified atom stereocenters. The zero-order valence-electron chi connectivity index (χ0n) is 11.0. The van der Waals surface area contributed by atoms with Crippen molar-refractivity contribution in [2.75, 3.05) is 20.1 Å². The number of likely N-dealkylation sites (N-methyl/N-ethyl adjacent to an activating group) is 1. The molecule has 1 heterocycles. The van der Waals surface area contributed by atoms with E-state index in [1.807, 2.05) is 13.1 Å². The summed E-state index contributed by atoms with van der Waals surface area (Å²) in [6, 6.07) is 5.75. The normalized spacial score (nSPS) is 19.2. The molecule has 0 bridgehead atoms. The van der Waals surface area contributed by atoms with E-state index < -0.39 is 0 Å². The maximum atomic E-state index is 12.3. The van der Waals surface area contributed by atoms with Gasteiger partial charge in [-0.1, -0.05) is 34.0 Å². The average molecular weight is 346 g/mol. The predicted octanol–water partition coefficient (Wildman–Crippen LogP) is 3.32. The van der Waals surface area contributed by atoms with Gasteiger partial charge in [-0.15, -0.1) is 0 Å². The van der Waals surface area contributed by atoms with E-state index >= 15 is 0 Å². The molecule has 1 amide bonds. The van der Waals surface area contributed by atoms with Crippen LogP contribution in [0.2, 0.25) is 5.02 Å². The number of nitrogens with zero attached hydrogens (tertiary/aromatic N) is 1. The van der Waals surface area contributed by atoms with Gasteiger partial charge >= 0.3 is 0 Å². The Hall–Kier alpha value is -0.580. The Balaban J connectivity index is 2.01. The van der Waals surface area contributed by atoms with Crippen molar-refractivity contribution in [3.63, 3.8) is 0 Å². The number of carbonyl (C=O) groups excluding carboxylic acids is 1. The summed E-state index contributed by atoms with van der Waals surface area (Å²) in [6.45, 7) is 1.77. The van der Waals surface area contributed by atoms with Gasteiger partial charge in [0.25, 0.3) is 5.91 Å². The molecule has 1 fully saturated rings. The van der Waals surface area contributed by atoms with E-state index in [9.17, 15) is 4.79 Å². The summed E-state index contributed by atoms with van der Waals surface area (Å²) in [5.74, 6) is -0.0233. The molecule has 104 valence electrons. The molecule has 3 nitrogen and oxygen atoms in total. The Kier molecular flexibility index (Phi) is 5.25. The smallest absolute Gasteiger partial charge is 0.255 e. The molecule has 1 aliphatic rings. The van der Waals surface area contributed by atoms with Crippen LogP contribution < -0.4 is 5.32 Å². The molecule has 1 aromatic rings. The van der Waals surface area contributed by atoms with Crippen molar-refractivity contribution in [3.8, 4) is 0 Å². The number of hydrogen-bond acceptors (Lipinski definition) is 2. The van der Waals surface area contributed by atoms with Crippen molar-refractivity contribution in [3.05, 3.63) is 33.3 Å². The number of amides is 1. The lowest BCUT2D eigenvalue weighted by Crippen LogP contribution is -2.44. The van der Waals surface area contributed by atoms with Crippen molar-refractivity contribution in [1.29, 1.82) is 0 Å². The van der Waals surface area contributed by atoms with Crippen LogP contribution in [0.1, 0.15) is 29.6 Å². The Morgan fingerprint density at radius 2 is 2.32 bits per heavy atom. The van der Waals surface area contributed by atoms with Crippen molar-refractivity contribution in [2.24, 2.45) is 0 Å².